The summed E-state index contributed by atoms with van der Waals surface area (Å²) < 4.78 is 1.47. The van der Waals surface area contributed by atoms with Gasteiger partial charge in [-0.2, -0.15) is 24.7 Å². The quantitative estimate of drug-likeness (QED) is 0.822. The van der Waals surface area contributed by atoms with E-state index in [0.29, 0.717) is 23.7 Å². The van der Waals surface area contributed by atoms with Crippen LogP contribution in [0.5, 0.6) is 0 Å². The summed E-state index contributed by atoms with van der Waals surface area (Å²) in [6.45, 7) is 6.31. The van der Waals surface area contributed by atoms with Crippen LogP contribution in [0.1, 0.15) is 13.8 Å². The van der Waals surface area contributed by atoms with Crippen molar-refractivity contribution in [2.24, 2.45) is 11.8 Å². The van der Waals surface area contributed by atoms with E-state index in [4.69, 9.17) is 11.6 Å². The molecule has 19 heavy (non-hydrogen) atoms. The molecule has 0 spiro atoms. The van der Waals surface area contributed by atoms with Crippen molar-refractivity contribution in [1.29, 1.82) is 0 Å². The minimum atomic E-state index is 0.169. The first kappa shape index (κ1) is 12.3. The van der Waals surface area contributed by atoms with Gasteiger partial charge in [0.05, 0.1) is 0 Å². The van der Waals surface area contributed by atoms with Gasteiger partial charge >= 0.3 is 0 Å². The molecule has 1 fully saturated rings. The molecule has 3 heterocycles. The Hall–Kier alpha value is -1.76. The molecule has 0 radical (unpaired) electrons. The predicted molar refractivity (Wildman–Crippen MR) is 70.3 cm³/mol. The van der Waals surface area contributed by atoms with E-state index in [2.05, 4.69) is 43.8 Å². The number of hydrogen-bond donors (Lipinski definition) is 0. The molecular weight excluding hydrogens is 266 g/mol. The zero-order valence-corrected chi connectivity index (χ0v) is 11.5. The smallest absolute Gasteiger partial charge is 0.258 e. The van der Waals surface area contributed by atoms with Crippen LogP contribution >= 0.6 is 11.6 Å². The lowest BCUT2D eigenvalue weighted by atomic mass is 10.0. The lowest BCUT2D eigenvalue weighted by molar-refractivity contribution is 0.494. The zero-order valence-electron chi connectivity index (χ0n) is 10.7. The van der Waals surface area contributed by atoms with E-state index in [1.54, 1.807) is 0 Å². The SMILES string of the molecule is CC1CN(c2nc(Cl)nc(-n3cncn3)n2)CC1C. The minimum Gasteiger partial charge on any atom is -0.340 e. The number of anilines is 1. The van der Waals surface area contributed by atoms with E-state index in [9.17, 15) is 0 Å². The second-order valence-electron chi connectivity index (χ2n) is 4.90. The highest BCUT2D eigenvalue weighted by Crippen LogP contribution is 2.26. The summed E-state index contributed by atoms with van der Waals surface area (Å²) in [4.78, 5) is 18.7. The summed E-state index contributed by atoms with van der Waals surface area (Å²) in [6, 6.07) is 0. The van der Waals surface area contributed by atoms with E-state index in [-0.39, 0.29) is 5.28 Å². The standard InChI is InChI=1S/C11H14ClN7/c1-7-3-18(4-8(7)2)10-15-9(12)16-11(17-10)19-6-13-5-14-19/h5-8H,3-4H2,1-2H3. The molecule has 0 aromatic carbocycles. The third kappa shape index (κ3) is 2.37. The van der Waals surface area contributed by atoms with Crippen LogP contribution in [0.25, 0.3) is 5.95 Å². The highest BCUT2D eigenvalue weighted by Gasteiger charge is 2.28. The number of halogens is 1. The van der Waals surface area contributed by atoms with Crippen LogP contribution in [0, 0.1) is 11.8 Å². The number of aromatic nitrogens is 6. The van der Waals surface area contributed by atoms with E-state index in [0.717, 1.165) is 13.1 Å². The summed E-state index contributed by atoms with van der Waals surface area (Å²) in [5.41, 5.74) is 0. The van der Waals surface area contributed by atoms with Crippen molar-refractivity contribution in [3.63, 3.8) is 0 Å². The molecule has 0 bridgehead atoms. The van der Waals surface area contributed by atoms with Gasteiger partial charge in [0.2, 0.25) is 11.2 Å². The van der Waals surface area contributed by atoms with Crippen molar-refractivity contribution >= 4 is 17.5 Å². The van der Waals surface area contributed by atoms with Gasteiger partial charge in [0.1, 0.15) is 12.7 Å². The topological polar surface area (TPSA) is 72.6 Å². The fourth-order valence-corrected chi connectivity index (χ4v) is 2.33. The Kier molecular flexibility index (Phi) is 3.06. The van der Waals surface area contributed by atoms with Gasteiger partial charge < -0.3 is 4.90 Å². The third-order valence-corrected chi connectivity index (χ3v) is 3.65. The average Bonchev–Trinajstić information content (AvgIpc) is 3.00. The third-order valence-electron chi connectivity index (χ3n) is 3.48. The first-order valence-corrected chi connectivity index (χ1v) is 6.53. The molecule has 2 atom stereocenters. The molecule has 2 aromatic heterocycles. The molecule has 3 rings (SSSR count). The molecule has 1 saturated heterocycles. The zero-order chi connectivity index (χ0) is 13.4. The molecular formula is C11H14ClN7. The van der Waals surface area contributed by atoms with Crippen molar-refractivity contribution in [2.45, 2.75) is 13.8 Å². The van der Waals surface area contributed by atoms with Crippen LogP contribution in [0.2, 0.25) is 5.28 Å². The summed E-state index contributed by atoms with van der Waals surface area (Å²) in [6.07, 6.45) is 2.96. The van der Waals surface area contributed by atoms with Crippen LogP contribution < -0.4 is 4.90 Å². The van der Waals surface area contributed by atoms with E-state index >= 15 is 0 Å². The van der Waals surface area contributed by atoms with Crippen LogP contribution in [-0.2, 0) is 0 Å². The molecule has 100 valence electrons. The normalized spacial score (nSPS) is 23.0. The fraction of sp³-hybridized carbons (Fsp3) is 0.545. The molecule has 2 unspecified atom stereocenters. The predicted octanol–water partition coefficient (Wildman–Crippen LogP) is 1.20. The first-order chi connectivity index (χ1) is 9.13. The van der Waals surface area contributed by atoms with Crippen molar-refractivity contribution < 1.29 is 0 Å². The summed E-state index contributed by atoms with van der Waals surface area (Å²) in [7, 11) is 0. The summed E-state index contributed by atoms with van der Waals surface area (Å²) in [5, 5.41) is 4.17. The second-order valence-corrected chi connectivity index (χ2v) is 5.24. The fourth-order valence-electron chi connectivity index (χ4n) is 2.18. The van der Waals surface area contributed by atoms with E-state index in [1.165, 1.54) is 17.3 Å². The van der Waals surface area contributed by atoms with Gasteiger partial charge in [-0.15, -0.1) is 0 Å². The van der Waals surface area contributed by atoms with Gasteiger partial charge in [-0.25, -0.2) is 4.98 Å². The molecule has 1 aliphatic rings. The van der Waals surface area contributed by atoms with E-state index < -0.39 is 0 Å². The van der Waals surface area contributed by atoms with Crippen molar-refractivity contribution in [3.8, 4) is 5.95 Å². The maximum Gasteiger partial charge on any atom is 0.258 e. The molecule has 7 nitrogen and oxygen atoms in total. The molecule has 1 aliphatic heterocycles. The monoisotopic (exact) mass is 279 g/mol. The molecule has 0 N–H and O–H groups in total. The van der Waals surface area contributed by atoms with Crippen LogP contribution in [0.4, 0.5) is 5.95 Å². The second kappa shape index (κ2) is 4.73. The summed E-state index contributed by atoms with van der Waals surface area (Å²) in [5.74, 6) is 2.22. The van der Waals surface area contributed by atoms with Crippen LogP contribution in [0.15, 0.2) is 12.7 Å². The molecule has 0 aliphatic carbocycles. The van der Waals surface area contributed by atoms with Gasteiger partial charge in [-0.3, -0.25) is 0 Å². The van der Waals surface area contributed by atoms with Crippen LogP contribution in [-0.4, -0.2) is 42.8 Å². The van der Waals surface area contributed by atoms with Crippen molar-refractivity contribution in [2.75, 3.05) is 18.0 Å². The highest BCUT2D eigenvalue weighted by atomic mass is 35.5. The Balaban J connectivity index is 1.95. The van der Waals surface area contributed by atoms with Crippen molar-refractivity contribution in [1.82, 2.24) is 29.7 Å². The first-order valence-electron chi connectivity index (χ1n) is 6.15. The van der Waals surface area contributed by atoms with Crippen LogP contribution in [0.3, 0.4) is 0 Å². The van der Waals surface area contributed by atoms with Gasteiger partial charge in [-0.05, 0) is 23.4 Å². The maximum atomic E-state index is 5.97. The maximum absolute atomic E-state index is 5.97. The Morgan fingerprint density at radius 3 is 2.42 bits per heavy atom. The molecule has 0 saturated carbocycles. The largest absolute Gasteiger partial charge is 0.340 e. The van der Waals surface area contributed by atoms with Gasteiger partial charge in [0.25, 0.3) is 5.95 Å². The Labute approximate surface area is 115 Å². The lowest BCUT2D eigenvalue weighted by Gasteiger charge is -2.16. The van der Waals surface area contributed by atoms with Gasteiger partial charge in [0.15, 0.2) is 0 Å². The lowest BCUT2D eigenvalue weighted by Crippen LogP contribution is -2.23. The molecule has 8 heteroatoms. The van der Waals surface area contributed by atoms with Crippen molar-refractivity contribution in [3.05, 3.63) is 17.9 Å². The Morgan fingerprint density at radius 1 is 1.11 bits per heavy atom. The highest BCUT2D eigenvalue weighted by molar-refractivity contribution is 6.28. The Morgan fingerprint density at radius 2 is 1.79 bits per heavy atom. The summed E-state index contributed by atoms with van der Waals surface area (Å²) >= 11 is 5.97. The Bertz CT molecular complexity index is 560. The minimum absolute atomic E-state index is 0.169. The van der Waals surface area contributed by atoms with Gasteiger partial charge in [0, 0.05) is 13.1 Å². The number of nitrogens with zero attached hydrogens (tertiary/aromatic N) is 7. The number of hydrogen-bond acceptors (Lipinski definition) is 6. The molecule has 0 amide bonds. The van der Waals surface area contributed by atoms with Gasteiger partial charge in [-0.1, -0.05) is 13.8 Å². The number of rotatable bonds is 2. The molecule has 2 aromatic rings. The average molecular weight is 280 g/mol. The van der Waals surface area contributed by atoms with E-state index in [1.807, 2.05) is 0 Å².